The largest absolute Gasteiger partial charge is 0.336 e. The lowest BCUT2D eigenvalue weighted by atomic mass is 10.2. The second-order valence-electron chi connectivity index (χ2n) is 3.24. The topological polar surface area (TPSA) is 34.0 Å². The van der Waals surface area contributed by atoms with Gasteiger partial charge in [0.05, 0.1) is 11.2 Å². The van der Waals surface area contributed by atoms with E-state index in [-0.39, 0.29) is 5.91 Å². The molecule has 3 nitrogen and oxygen atoms in total. The molecule has 0 aliphatic carbocycles. The van der Waals surface area contributed by atoms with E-state index in [2.05, 4.69) is 5.32 Å². The number of carbonyl (C=O) groups excluding carboxylic acids is 1. The van der Waals surface area contributed by atoms with E-state index in [1.54, 1.807) is 0 Å². The number of nitrogens with one attached hydrogen (secondary N) is 1. The Morgan fingerprint density at radius 2 is 2.23 bits per heavy atom. The van der Waals surface area contributed by atoms with Gasteiger partial charge in [0.15, 0.2) is 0 Å². The molecule has 2 heterocycles. The predicted molar refractivity (Wildman–Crippen MR) is 50.6 cm³/mol. The molecule has 13 heavy (non-hydrogen) atoms. The van der Waals surface area contributed by atoms with Gasteiger partial charge < -0.3 is 9.88 Å². The minimum Gasteiger partial charge on any atom is -0.336 e. The van der Waals surface area contributed by atoms with E-state index in [0.29, 0.717) is 6.54 Å². The van der Waals surface area contributed by atoms with Crippen molar-refractivity contribution in [1.82, 2.24) is 4.57 Å². The van der Waals surface area contributed by atoms with Gasteiger partial charge in [-0.05, 0) is 12.1 Å². The Bertz CT molecular complexity index is 499. The highest BCUT2D eigenvalue weighted by Crippen LogP contribution is 2.27. The normalized spacial score (nSPS) is 14.6. The molecule has 0 unspecified atom stereocenters. The summed E-state index contributed by atoms with van der Waals surface area (Å²) in [7, 11) is 0. The molecule has 1 aliphatic rings. The summed E-state index contributed by atoms with van der Waals surface area (Å²) in [6.07, 6.45) is 1.95. The number of hydrogen-bond donors (Lipinski definition) is 1. The van der Waals surface area contributed by atoms with E-state index in [0.717, 1.165) is 11.2 Å². The molecular weight excluding hydrogens is 164 g/mol. The van der Waals surface area contributed by atoms with Crippen LogP contribution in [0.25, 0.3) is 10.9 Å². The van der Waals surface area contributed by atoms with Crippen molar-refractivity contribution in [2.24, 2.45) is 0 Å². The fraction of sp³-hybridized carbons (Fsp3) is 0.100. The van der Waals surface area contributed by atoms with E-state index in [1.165, 1.54) is 5.39 Å². The van der Waals surface area contributed by atoms with Gasteiger partial charge in [0, 0.05) is 11.6 Å². The Kier molecular flexibility index (Phi) is 1.10. The number of benzene rings is 1. The lowest BCUT2D eigenvalue weighted by Gasteiger charge is -2.15. The highest BCUT2D eigenvalue weighted by Gasteiger charge is 2.15. The van der Waals surface area contributed by atoms with Crippen molar-refractivity contribution in [3.05, 3.63) is 30.5 Å². The van der Waals surface area contributed by atoms with Crippen molar-refractivity contribution in [3.8, 4) is 0 Å². The first-order valence-corrected chi connectivity index (χ1v) is 4.22. The molecule has 64 valence electrons. The zero-order valence-electron chi connectivity index (χ0n) is 6.95. The predicted octanol–water partition coefficient (Wildman–Crippen LogP) is 1.59. The molecule has 3 rings (SSSR count). The molecule has 2 aromatic rings. The number of para-hydroxylation sites is 1. The van der Waals surface area contributed by atoms with Crippen molar-refractivity contribution in [3.63, 3.8) is 0 Å². The number of anilines is 1. The minimum absolute atomic E-state index is 0.0520. The number of nitrogens with zero attached hydrogens (tertiary/aromatic N) is 1. The summed E-state index contributed by atoms with van der Waals surface area (Å²) >= 11 is 0. The Morgan fingerprint density at radius 3 is 3.15 bits per heavy atom. The van der Waals surface area contributed by atoms with E-state index in [4.69, 9.17) is 0 Å². The average molecular weight is 172 g/mol. The van der Waals surface area contributed by atoms with Crippen molar-refractivity contribution in [1.29, 1.82) is 0 Å². The third-order valence-electron chi connectivity index (χ3n) is 2.38. The maximum atomic E-state index is 11.2. The highest BCUT2D eigenvalue weighted by molar-refractivity contribution is 6.04. The Balaban J connectivity index is 2.44. The van der Waals surface area contributed by atoms with Gasteiger partial charge in [-0.1, -0.05) is 12.1 Å². The van der Waals surface area contributed by atoms with Gasteiger partial charge in [0.1, 0.15) is 6.54 Å². The van der Waals surface area contributed by atoms with Crippen LogP contribution in [0.5, 0.6) is 0 Å². The molecule has 1 N–H and O–H groups in total. The van der Waals surface area contributed by atoms with Crippen LogP contribution in [0.3, 0.4) is 0 Å². The number of amides is 1. The van der Waals surface area contributed by atoms with E-state index < -0.39 is 0 Å². The first-order chi connectivity index (χ1) is 6.34. The van der Waals surface area contributed by atoms with Crippen molar-refractivity contribution in [2.45, 2.75) is 6.54 Å². The Morgan fingerprint density at radius 1 is 1.31 bits per heavy atom. The molecule has 1 aromatic carbocycles. The monoisotopic (exact) mass is 172 g/mol. The highest BCUT2D eigenvalue weighted by atomic mass is 16.2. The molecule has 1 aliphatic heterocycles. The summed E-state index contributed by atoms with van der Waals surface area (Å²) in [6, 6.07) is 7.95. The molecule has 0 radical (unpaired) electrons. The smallest absolute Gasteiger partial charge is 0.244 e. The van der Waals surface area contributed by atoms with Crippen LogP contribution in [0.1, 0.15) is 0 Å². The van der Waals surface area contributed by atoms with Crippen LogP contribution in [0.15, 0.2) is 30.5 Å². The van der Waals surface area contributed by atoms with Gasteiger partial charge in [0.2, 0.25) is 5.91 Å². The van der Waals surface area contributed by atoms with Gasteiger partial charge >= 0.3 is 0 Å². The summed E-state index contributed by atoms with van der Waals surface area (Å²) in [6.45, 7) is 0.431. The van der Waals surface area contributed by atoms with Crippen LogP contribution in [-0.4, -0.2) is 10.5 Å². The quantitative estimate of drug-likeness (QED) is 0.643. The number of carbonyl (C=O) groups is 1. The van der Waals surface area contributed by atoms with Crippen LogP contribution >= 0.6 is 0 Å². The lowest BCUT2D eigenvalue weighted by molar-refractivity contribution is -0.116. The third-order valence-corrected chi connectivity index (χ3v) is 2.38. The molecule has 1 aromatic heterocycles. The summed E-state index contributed by atoms with van der Waals surface area (Å²) in [5, 5.41) is 4.03. The van der Waals surface area contributed by atoms with E-state index in [9.17, 15) is 4.79 Å². The molecule has 3 heteroatoms. The molecule has 0 atom stereocenters. The maximum Gasteiger partial charge on any atom is 0.244 e. The van der Waals surface area contributed by atoms with Crippen LogP contribution in [0, 0.1) is 0 Å². The van der Waals surface area contributed by atoms with E-state index in [1.807, 2.05) is 35.0 Å². The third kappa shape index (κ3) is 0.811. The fourth-order valence-electron chi connectivity index (χ4n) is 1.84. The standard InChI is InChI=1S/C10H8N2O/c13-9-6-12-5-4-7-2-1-3-8(11-9)10(7)12/h1-5H,6H2,(H,11,13). The second kappa shape index (κ2) is 2.13. The maximum absolute atomic E-state index is 11.2. The first-order valence-electron chi connectivity index (χ1n) is 4.22. The van der Waals surface area contributed by atoms with Crippen molar-refractivity contribution < 1.29 is 4.79 Å². The van der Waals surface area contributed by atoms with Gasteiger partial charge in [-0.25, -0.2) is 0 Å². The zero-order chi connectivity index (χ0) is 8.84. The van der Waals surface area contributed by atoms with Gasteiger partial charge in [-0.2, -0.15) is 0 Å². The van der Waals surface area contributed by atoms with Crippen molar-refractivity contribution in [2.75, 3.05) is 5.32 Å². The minimum atomic E-state index is 0.0520. The van der Waals surface area contributed by atoms with E-state index >= 15 is 0 Å². The van der Waals surface area contributed by atoms with Crippen LogP contribution in [0.4, 0.5) is 5.69 Å². The van der Waals surface area contributed by atoms with Crippen LogP contribution in [-0.2, 0) is 11.3 Å². The molecule has 0 bridgehead atoms. The second-order valence-corrected chi connectivity index (χ2v) is 3.24. The Labute approximate surface area is 75.0 Å². The molecular formula is C10H8N2O. The lowest BCUT2D eigenvalue weighted by Crippen LogP contribution is -2.22. The van der Waals surface area contributed by atoms with Gasteiger partial charge in [-0.15, -0.1) is 0 Å². The molecule has 0 fully saturated rings. The fourth-order valence-corrected chi connectivity index (χ4v) is 1.84. The zero-order valence-corrected chi connectivity index (χ0v) is 6.95. The Hall–Kier alpha value is -1.77. The number of hydrogen-bond acceptors (Lipinski definition) is 1. The number of aromatic nitrogens is 1. The molecule has 0 spiro atoms. The van der Waals surface area contributed by atoms with Gasteiger partial charge in [-0.3, -0.25) is 4.79 Å². The first kappa shape index (κ1) is 6.71. The summed E-state index contributed by atoms with van der Waals surface area (Å²) < 4.78 is 1.98. The molecule has 0 saturated carbocycles. The summed E-state index contributed by atoms with van der Waals surface area (Å²) in [5.41, 5.74) is 2.04. The average Bonchev–Trinajstić information content (AvgIpc) is 2.50. The van der Waals surface area contributed by atoms with Gasteiger partial charge in [0.25, 0.3) is 0 Å². The SMILES string of the molecule is O=C1Cn2ccc3cccc(c32)N1. The summed E-state index contributed by atoms with van der Waals surface area (Å²) in [5.74, 6) is 0.0520. The van der Waals surface area contributed by atoms with Crippen LogP contribution < -0.4 is 5.32 Å². The van der Waals surface area contributed by atoms with Crippen LogP contribution in [0.2, 0.25) is 0 Å². The molecule has 1 amide bonds. The van der Waals surface area contributed by atoms with Crippen molar-refractivity contribution >= 4 is 22.5 Å². The summed E-state index contributed by atoms with van der Waals surface area (Å²) in [4.78, 5) is 11.2. The number of rotatable bonds is 0. The molecule has 0 saturated heterocycles.